The van der Waals surface area contributed by atoms with Crippen LogP contribution in [0.3, 0.4) is 0 Å². The molecule has 0 bridgehead atoms. The molecule has 0 aromatic heterocycles. The van der Waals surface area contributed by atoms with E-state index in [1.165, 1.54) is 16.8 Å². The Balaban J connectivity index is 1.66. The molecule has 0 radical (unpaired) electrons. The van der Waals surface area contributed by atoms with E-state index in [1.807, 2.05) is 6.07 Å². The molecular formula is C24H29NO3. The molecule has 2 aliphatic rings. The molecule has 0 saturated heterocycles. The number of hydrogen-bond donors (Lipinski definition) is 1. The van der Waals surface area contributed by atoms with E-state index in [0.717, 1.165) is 30.3 Å². The van der Waals surface area contributed by atoms with Crippen molar-refractivity contribution in [2.45, 2.75) is 32.2 Å². The highest BCUT2D eigenvalue weighted by Crippen LogP contribution is 2.51. The lowest BCUT2D eigenvalue weighted by Gasteiger charge is -2.38. The Morgan fingerprint density at radius 1 is 1.04 bits per heavy atom. The van der Waals surface area contributed by atoms with Crippen LogP contribution in [-0.2, 0) is 0 Å². The van der Waals surface area contributed by atoms with Crippen LogP contribution in [0.5, 0.6) is 17.2 Å². The van der Waals surface area contributed by atoms with Crippen LogP contribution >= 0.6 is 0 Å². The van der Waals surface area contributed by atoms with Crippen LogP contribution < -0.4 is 19.5 Å². The minimum absolute atomic E-state index is 0.231. The molecule has 3 unspecified atom stereocenters. The highest BCUT2D eigenvalue weighted by Gasteiger charge is 2.38. The van der Waals surface area contributed by atoms with Gasteiger partial charge in [-0.2, -0.15) is 0 Å². The second-order valence-corrected chi connectivity index (χ2v) is 8.04. The molecule has 4 nitrogen and oxygen atoms in total. The molecule has 28 heavy (non-hydrogen) atoms. The van der Waals surface area contributed by atoms with Gasteiger partial charge < -0.3 is 19.5 Å². The van der Waals surface area contributed by atoms with Crippen molar-refractivity contribution < 1.29 is 14.2 Å². The molecule has 2 aromatic rings. The minimum atomic E-state index is 0.231. The third-order valence-electron chi connectivity index (χ3n) is 5.68. The van der Waals surface area contributed by atoms with Crippen LogP contribution in [0, 0.1) is 11.8 Å². The van der Waals surface area contributed by atoms with Gasteiger partial charge in [0.25, 0.3) is 0 Å². The quantitative estimate of drug-likeness (QED) is 0.667. The van der Waals surface area contributed by atoms with Gasteiger partial charge in [0, 0.05) is 11.6 Å². The number of hydrogen-bond acceptors (Lipinski definition) is 4. The summed E-state index contributed by atoms with van der Waals surface area (Å²) >= 11 is 0. The Labute approximate surface area is 167 Å². The molecule has 0 amide bonds. The van der Waals surface area contributed by atoms with Gasteiger partial charge in [-0.05, 0) is 59.7 Å². The molecule has 2 aromatic carbocycles. The number of nitrogens with one attached hydrogen (secondary N) is 1. The van der Waals surface area contributed by atoms with E-state index < -0.39 is 0 Å². The summed E-state index contributed by atoms with van der Waals surface area (Å²) in [7, 11) is 3.35. The van der Waals surface area contributed by atoms with E-state index in [0.29, 0.717) is 17.8 Å². The molecule has 1 aliphatic heterocycles. The SMILES string of the molecule is COc1ccc(C2Nc3ccc(OCC(C)C)cc3C3C=CCC32)cc1OC. The molecule has 1 heterocycles. The largest absolute Gasteiger partial charge is 0.493 e. The normalized spacial score (nSPS) is 22.4. The summed E-state index contributed by atoms with van der Waals surface area (Å²) in [4.78, 5) is 0. The first kappa shape index (κ1) is 18.7. The number of benzene rings is 2. The summed E-state index contributed by atoms with van der Waals surface area (Å²) in [6.07, 6.45) is 5.72. The van der Waals surface area contributed by atoms with Gasteiger partial charge in [0.15, 0.2) is 11.5 Å². The van der Waals surface area contributed by atoms with E-state index in [-0.39, 0.29) is 6.04 Å². The summed E-state index contributed by atoms with van der Waals surface area (Å²) in [6.45, 7) is 5.08. The van der Waals surface area contributed by atoms with Crippen LogP contribution in [0.4, 0.5) is 5.69 Å². The Morgan fingerprint density at radius 2 is 1.86 bits per heavy atom. The topological polar surface area (TPSA) is 39.7 Å². The molecule has 0 saturated carbocycles. The Kier molecular flexibility index (Phi) is 5.21. The fourth-order valence-corrected chi connectivity index (χ4v) is 4.30. The van der Waals surface area contributed by atoms with Crippen molar-refractivity contribution in [2.24, 2.45) is 11.8 Å². The van der Waals surface area contributed by atoms with Crippen LogP contribution in [0.1, 0.15) is 43.4 Å². The molecule has 1 N–H and O–H groups in total. The van der Waals surface area contributed by atoms with E-state index in [4.69, 9.17) is 14.2 Å². The zero-order chi connectivity index (χ0) is 19.7. The summed E-state index contributed by atoms with van der Waals surface area (Å²) in [5.41, 5.74) is 3.74. The van der Waals surface area contributed by atoms with Gasteiger partial charge in [-0.15, -0.1) is 0 Å². The van der Waals surface area contributed by atoms with Gasteiger partial charge in [0.2, 0.25) is 0 Å². The lowest BCUT2D eigenvalue weighted by molar-refractivity contribution is 0.270. The number of allylic oxidation sites excluding steroid dienone is 2. The Bertz CT molecular complexity index is 874. The Morgan fingerprint density at radius 3 is 2.61 bits per heavy atom. The van der Waals surface area contributed by atoms with Crippen molar-refractivity contribution in [1.29, 1.82) is 0 Å². The maximum absolute atomic E-state index is 5.97. The van der Waals surface area contributed by atoms with Gasteiger partial charge in [0.05, 0.1) is 26.9 Å². The number of rotatable bonds is 6. The van der Waals surface area contributed by atoms with Crippen molar-refractivity contribution in [2.75, 3.05) is 26.1 Å². The first-order valence-corrected chi connectivity index (χ1v) is 10.0. The molecule has 4 heteroatoms. The fourth-order valence-electron chi connectivity index (χ4n) is 4.30. The summed E-state index contributed by atoms with van der Waals surface area (Å²) in [6, 6.07) is 12.9. The monoisotopic (exact) mass is 379 g/mol. The lowest BCUT2D eigenvalue weighted by Crippen LogP contribution is -2.29. The van der Waals surface area contributed by atoms with Crippen LogP contribution in [0.25, 0.3) is 0 Å². The van der Waals surface area contributed by atoms with Gasteiger partial charge in [-0.3, -0.25) is 0 Å². The van der Waals surface area contributed by atoms with Crippen LogP contribution in [0.15, 0.2) is 48.6 Å². The Hall–Kier alpha value is -2.62. The number of fused-ring (bicyclic) bond motifs is 3. The maximum atomic E-state index is 5.97. The van der Waals surface area contributed by atoms with Gasteiger partial charge in [-0.1, -0.05) is 32.1 Å². The minimum Gasteiger partial charge on any atom is -0.493 e. The summed E-state index contributed by atoms with van der Waals surface area (Å²) in [5.74, 6) is 3.88. The zero-order valence-electron chi connectivity index (χ0n) is 17.1. The predicted octanol–water partition coefficient (Wildman–Crippen LogP) is 5.57. The molecule has 4 rings (SSSR count). The third-order valence-corrected chi connectivity index (χ3v) is 5.68. The smallest absolute Gasteiger partial charge is 0.161 e. The molecule has 0 spiro atoms. The molecule has 1 aliphatic carbocycles. The van der Waals surface area contributed by atoms with Crippen molar-refractivity contribution in [1.82, 2.24) is 0 Å². The van der Waals surface area contributed by atoms with E-state index in [2.05, 4.69) is 61.6 Å². The predicted molar refractivity (Wildman–Crippen MR) is 113 cm³/mol. The molecule has 148 valence electrons. The number of ether oxygens (including phenoxy) is 3. The average Bonchev–Trinajstić information content (AvgIpc) is 3.21. The van der Waals surface area contributed by atoms with Gasteiger partial charge >= 0.3 is 0 Å². The first-order valence-electron chi connectivity index (χ1n) is 10.0. The zero-order valence-corrected chi connectivity index (χ0v) is 17.1. The highest BCUT2D eigenvalue weighted by molar-refractivity contribution is 5.62. The number of methoxy groups -OCH3 is 2. The second-order valence-electron chi connectivity index (χ2n) is 8.04. The van der Waals surface area contributed by atoms with Gasteiger partial charge in [-0.25, -0.2) is 0 Å². The van der Waals surface area contributed by atoms with Crippen molar-refractivity contribution in [3.63, 3.8) is 0 Å². The molecular weight excluding hydrogens is 350 g/mol. The van der Waals surface area contributed by atoms with Crippen molar-refractivity contribution >= 4 is 5.69 Å². The maximum Gasteiger partial charge on any atom is 0.161 e. The second kappa shape index (κ2) is 7.78. The molecule has 3 atom stereocenters. The van der Waals surface area contributed by atoms with E-state index >= 15 is 0 Å². The first-order chi connectivity index (χ1) is 13.6. The van der Waals surface area contributed by atoms with E-state index in [9.17, 15) is 0 Å². The van der Waals surface area contributed by atoms with Crippen LogP contribution in [-0.4, -0.2) is 20.8 Å². The lowest BCUT2D eigenvalue weighted by atomic mass is 9.77. The third kappa shape index (κ3) is 3.44. The fraction of sp³-hybridized carbons (Fsp3) is 0.417. The summed E-state index contributed by atoms with van der Waals surface area (Å²) < 4.78 is 16.9. The molecule has 0 fully saturated rings. The number of anilines is 1. The highest BCUT2D eigenvalue weighted by atomic mass is 16.5. The van der Waals surface area contributed by atoms with Crippen molar-refractivity contribution in [3.8, 4) is 17.2 Å². The van der Waals surface area contributed by atoms with Crippen LogP contribution in [0.2, 0.25) is 0 Å². The van der Waals surface area contributed by atoms with Crippen molar-refractivity contribution in [3.05, 3.63) is 59.7 Å². The summed E-state index contributed by atoms with van der Waals surface area (Å²) in [5, 5.41) is 3.77. The van der Waals surface area contributed by atoms with Gasteiger partial charge in [0.1, 0.15) is 5.75 Å². The average molecular weight is 380 g/mol. The standard InChI is InChI=1S/C24H29NO3/c1-15(2)14-28-17-9-10-21-20(13-17)18-6-5-7-19(18)24(25-21)16-8-11-22(26-3)23(12-16)27-4/h5-6,8-13,15,18-19,24-25H,7,14H2,1-4H3. The van der Waals surface area contributed by atoms with E-state index in [1.54, 1.807) is 14.2 Å².